The third-order valence-electron chi connectivity index (χ3n) is 6.63. The zero-order chi connectivity index (χ0) is 16.9. The van der Waals surface area contributed by atoms with Gasteiger partial charge in [0.1, 0.15) is 0 Å². The average molecular weight is 338 g/mol. The molecule has 1 spiro atoms. The maximum absolute atomic E-state index is 12.9. The third-order valence-corrected chi connectivity index (χ3v) is 6.63. The Labute approximate surface area is 148 Å². The predicted octanol–water partition coefficient (Wildman–Crippen LogP) is 3.48. The SMILES string of the molecule is O=C(Nc1nc2ccccc2n1C1CCCC1)C1CC12CCNCC2. The summed E-state index contributed by atoms with van der Waals surface area (Å²) in [6.45, 7) is 2.09. The highest BCUT2D eigenvalue weighted by Gasteiger charge is 2.57. The first-order chi connectivity index (χ1) is 12.3. The molecule has 2 saturated carbocycles. The molecule has 1 amide bonds. The Balaban J connectivity index is 1.42. The van der Waals surface area contributed by atoms with Crippen molar-refractivity contribution in [3.63, 3.8) is 0 Å². The number of imidazole rings is 1. The first-order valence-electron chi connectivity index (χ1n) is 9.75. The van der Waals surface area contributed by atoms with E-state index in [9.17, 15) is 4.79 Å². The quantitative estimate of drug-likeness (QED) is 0.901. The number of hydrogen-bond acceptors (Lipinski definition) is 3. The van der Waals surface area contributed by atoms with Crippen molar-refractivity contribution in [2.45, 2.75) is 51.0 Å². The number of nitrogens with one attached hydrogen (secondary N) is 2. The van der Waals surface area contributed by atoms with E-state index >= 15 is 0 Å². The predicted molar refractivity (Wildman–Crippen MR) is 98.5 cm³/mol. The van der Waals surface area contributed by atoms with Crippen molar-refractivity contribution in [3.05, 3.63) is 24.3 Å². The molecule has 2 aromatic rings. The van der Waals surface area contributed by atoms with Gasteiger partial charge in [0.2, 0.25) is 11.9 Å². The lowest BCUT2D eigenvalue weighted by atomic mass is 9.92. The van der Waals surface area contributed by atoms with Crippen LogP contribution in [0.3, 0.4) is 0 Å². The third kappa shape index (κ3) is 2.56. The molecule has 2 heterocycles. The maximum Gasteiger partial charge on any atom is 0.230 e. The summed E-state index contributed by atoms with van der Waals surface area (Å²) in [5.74, 6) is 1.11. The number of piperidine rings is 1. The Morgan fingerprint density at radius 1 is 1.20 bits per heavy atom. The molecule has 0 radical (unpaired) electrons. The van der Waals surface area contributed by atoms with Gasteiger partial charge in [0.05, 0.1) is 11.0 Å². The molecular formula is C20H26N4O. The molecule has 1 aromatic carbocycles. The van der Waals surface area contributed by atoms with E-state index in [1.165, 1.54) is 25.7 Å². The van der Waals surface area contributed by atoms with Crippen molar-refractivity contribution in [2.75, 3.05) is 18.4 Å². The molecular weight excluding hydrogens is 312 g/mol. The number of carbonyl (C=O) groups excluding carboxylic acids is 1. The van der Waals surface area contributed by atoms with Crippen LogP contribution in [0, 0.1) is 11.3 Å². The molecule has 25 heavy (non-hydrogen) atoms. The number of para-hydroxylation sites is 2. The number of fused-ring (bicyclic) bond motifs is 1. The van der Waals surface area contributed by atoms with Crippen molar-refractivity contribution < 1.29 is 4.79 Å². The fourth-order valence-corrected chi connectivity index (χ4v) is 5.06. The van der Waals surface area contributed by atoms with Crippen LogP contribution >= 0.6 is 0 Å². The molecule has 1 aromatic heterocycles. The molecule has 3 fully saturated rings. The smallest absolute Gasteiger partial charge is 0.230 e. The number of nitrogens with zero attached hydrogens (tertiary/aromatic N) is 2. The normalized spacial score (nSPS) is 25.5. The van der Waals surface area contributed by atoms with Gasteiger partial charge < -0.3 is 9.88 Å². The minimum absolute atomic E-state index is 0.173. The standard InChI is InChI=1S/C20H26N4O/c25-18(15-13-20(15)9-11-21-12-10-20)23-19-22-16-7-3-4-8-17(16)24(19)14-5-1-2-6-14/h3-4,7-8,14-15,21H,1-2,5-6,9-13H2,(H,22,23,25). The molecule has 0 bridgehead atoms. The monoisotopic (exact) mass is 338 g/mol. The van der Waals surface area contributed by atoms with Gasteiger partial charge in [-0.2, -0.15) is 0 Å². The topological polar surface area (TPSA) is 59.0 Å². The van der Waals surface area contributed by atoms with E-state index < -0.39 is 0 Å². The molecule has 2 N–H and O–H groups in total. The van der Waals surface area contributed by atoms with Crippen LogP contribution in [0.4, 0.5) is 5.95 Å². The largest absolute Gasteiger partial charge is 0.317 e. The summed E-state index contributed by atoms with van der Waals surface area (Å²) in [4.78, 5) is 17.7. The number of carbonyl (C=O) groups is 1. The number of benzene rings is 1. The summed E-state index contributed by atoms with van der Waals surface area (Å²) in [5, 5.41) is 6.61. The Bertz CT molecular complexity index is 799. The lowest BCUT2D eigenvalue weighted by molar-refractivity contribution is -0.118. The molecule has 1 unspecified atom stereocenters. The first-order valence-corrected chi connectivity index (χ1v) is 9.75. The second-order valence-electron chi connectivity index (χ2n) is 8.09. The number of amides is 1. The highest BCUT2D eigenvalue weighted by Crippen LogP contribution is 2.58. The molecule has 5 heteroatoms. The highest BCUT2D eigenvalue weighted by atomic mass is 16.2. The lowest BCUT2D eigenvalue weighted by Gasteiger charge is -2.23. The van der Waals surface area contributed by atoms with Gasteiger partial charge in [-0.05, 0) is 62.7 Å². The summed E-state index contributed by atoms with van der Waals surface area (Å²) >= 11 is 0. The fourth-order valence-electron chi connectivity index (χ4n) is 5.06. The summed E-state index contributed by atoms with van der Waals surface area (Å²) in [7, 11) is 0. The lowest BCUT2D eigenvalue weighted by Crippen LogP contribution is -2.32. The van der Waals surface area contributed by atoms with Gasteiger partial charge in [-0.15, -0.1) is 0 Å². The van der Waals surface area contributed by atoms with Crippen LogP contribution in [0.25, 0.3) is 11.0 Å². The second-order valence-corrected chi connectivity index (χ2v) is 8.09. The van der Waals surface area contributed by atoms with Gasteiger partial charge in [-0.3, -0.25) is 10.1 Å². The van der Waals surface area contributed by atoms with Gasteiger partial charge >= 0.3 is 0 Å². The van der Waals surface area contributed by atoms with E-state index in [-0.39, 0.29) is 17.2 Å². The summed E-state index contributed by atoms with van der Waals surface area (Å²) < 4.78 is 2.29. The summed E-state index contributed by atoms with van der Waals surface area (Å²) in [5.41, 5.74) is 2.40. The van der Waals surface area contributed by atoms with Crippen molar-refractivity contribution in [3.8, 4) is 0 Å². The Morgan fingerprint density at radius 2 is 1.96 bits per heavy atom. The van der Waals surface area contributed by atoms with Crippen LogP contribution in [0.15, 0.2) is 24.3 Å². The molecule has 5 rings (SSSR count). The van der Waals surface area contributed by atoms with E-state index in [0.29, 0.717) is 6.04 Å². The van der Waals surface area contributed by atoms with Crippen LogP contribution in [0.2, 0.25) is 0 Å². The van der Waals surface area contributed by atoms with Crippen LogP contribution in [-0.2, 0) is 4.79 Å². The first kappa shape index (κ1) is 15.4. The van der Waals surface area contributed by atoms with E-state index in [1.807, 2.05) is 12.1 Å². The van der Waals surface area contributed by atoms with Gasteiger partial charge in [0.15, 0.2) is 0 Å². The van der Waals surface area contributed by atoms with E-state index in [2.05, 4.69) is 27.3 Å². The minimum Gasteiger partial charge on any atom is -0.317 e. The number of anilines is 1. The highest BCUT2D eigenvalue weighted by molar-refractivity contribution is 5.95. The zero-order valence-corrected chi connectivity index (χ0v) is 14.6. The second kappa shape index (κ2) is 5.84. The van der Waals surface area contributed by atoms with E-state index in [0.717, 1.165) is 49.3 Å². The van der Waals surface area contributed by atoms with Crippen molar-refractivity contribution in [1.29, 1.82) is 0 Å². The molecule has 3 aliphatic rings. The van der Waals surface area contributed by atoms with E-state index in [1.54, 1.807) is 0 Å². The van der Waals surface area contributed by atoms with Gasteiger partial charge in [-0.1, -0.05) is 25.0 Å². The van der Waals surface area contributed by atoms with Crippen molar-refractivity contribution in [2.24, 2.45) is 11.3 Å². The summed E-state index contributed by atoms with van der Waals surface area (Å²) in [6.07, 6.45) is 8.20. The average Bonchev–Trinajstić information content (AvgIpc) is 3.00. The minimum atomic E-state index is 0.173. The number of rotatable bonds is 3. The van der Waals surface area contributed by atoms with Crippen LogP contribution in [0.1, 0.15) is 51.0 Å². The number of hydrogen-bond donors (Lipinski definition) is 2. The zero-order valence-electron chi connectivity index (χ0n) is 14.6. The molecule has 2 aliphatic carbocycles. The van der Waals surface area contributed by atoms with E-state index in [4.69, 9.17) is 4.98 Å². The fraction of sp³-hybridized carbons (Fsp3) is 0.600. The molecule has 1 saturated heterocycles. The van der Waals surface area contributed by atoms with Crippen molar-refractivity contribution >= 4 is 22.9 Å². The molecule has 132 valence electrons. The summed E-state index contributed by atoms with van der Waals surface area (Å²) in [6, 6.07) is 8.72. The maximum atomic E-state index is 12.9. The van der Waals surface area contributed by atoms with Crippen LogP contribution in [0.5, 0.6) is 0 Å². The Kier molecular flexibility index (Phi) is 3.59. The van der Waals surface area contributed by atoms with Crippen molar-refractivity contribution in [1.82, 2.24) is 14.9 Å². The Hall–Kier alpha value is -1.88. The molecule has 1 aliphatic heterocycles. The van der Waals surface area contributed by atoms with Crippen LogP contribution < -0.4 is 10.6 Å². The van der Waals surface area contributed by atoms with Gasteiger partial charge in [-0.25, -0.2) is 4.98 Å². The van der Waals surface area contributed by atoms with Gasteiger partial charge in [0.25, 0.3) is 0 Å². The van der Waals surface area contributed by atoms with Gasteiger partial charge in [0, 0.05) is 12.0 Å². The van der Waals surface area contributed by atoms with Crippen LogP contribution in [-0.4, -0.2) is 28.5 Å². The molecule has 1 atom stereocenters. The Morgan fingerprint density at radius 3 is 2.76 bits per heavy atom. The molecule has 5 nitrogen and oxygen atoms in total. The number of aromatic nitrogens is 2.